The van der Waals surface area contributed by atoms with Crippen LogP contribution in [0.15, 0.2) is 0 Å². The Bertz CT molecular complexity index is 779. The molecule has 1 amide bonds. The van der Waals surface area contributed by atoms with Crippen LogP contribution in [0.25, 0.3) is 0 Å². The molecule has 3 aliphatic rings. The number of carbonyl (C=O) groups excluding carboxylic acids is 3. The van der Waals surface area contributed by atoms with Crippen LogP contribution < -0.4 is 5.73 Å². The van der Waals surface area contributed by atoms with Crippen LogP contribution in [0.5, 0.6) is 0 Å². The van der Waals surface area contributed by atoms with Gasteiger partial charge in [0.15, 0.2) is 0 Å². The van der Waals surface area contributed by atoms with E-state index in [9.17, 15) is 29.7 Å². The van der Waals surface area contributed by atoms with Gasteiger partial charge in [-0.1, -0.05) is 13.8 Å². The van der Waals surface area contributed by atoms with Gasteiger partial charge in [0, 0.05) is 12.5 Å². The fraction of sp³-hybridized carbons (Fsp3) is 0.880. The summed E-state index contributed by atoms with van der Waals surface area (Å²) in [4.78, 5) is 40.5. The maximum Gasteiger partial charge on any atom is 0.329 e. The van der Waals surface area contributed by atoms with Crippen LogP contribution in [-0.2, 0) is 23.9 Å². The molecule has 0 radical (unpaired) electrons. The fourth-order valence-electron chi connectivity index (χ4n) is 5.52. The molecular weight excluding hydrogens is 456 g/mol. The number of ketones is 1. The van der Waals surface area contributed by atoms with Crippen LogP contribution in [0, 0.1) is 17.8 Å². The van der Waals surface area contributed by atoms with Crippen molar-refractivity contribution in [1.29, 1.82) is 0 Å². The second kappa shape index (κ2) is 11.6. The minimum Gasteiger partial charge on any atom is -0.461 e. The first kappa shape index (κ1) is 28.0. The molecule has 0 aromatic rings. The van der Waals surface area contributed by atoms with Gasteiger partial charge in [-0.2, -0.15) is 0 Å². The number of Topliss-reactive ketones (excluding diaryl/α,β-unsaturated/α-hetero) is 1. The Kier molecular flexibility index (Phi) is 9.31. The van der Waals surface area contributed by atoms with Gasteiger partial charge in [0.2, 0.25) is 5.79 Å². The van der Waals surface area contributed by atoms with Crippen molar-refractivity contribution in [3.63, 3.8) is 0 Å². The van der Waals surface area contributed by atoms with Crippen molar-refractivity contribution in [3.8, 4) is 0 Å². The van der Waals surface area contributed by atoms with E-state index < -0.39 is 59.9 Å². The smallest absolute Gasteiger partial charge is 0.329 e. The van der Waals surface area contributed by atoms with Crippen molar-refractivity contribution >= 4 is 17.7 Å². The highest BCUT2D eigenvalue weighted by Gasteiger charge is 2.52. The number of nitrogens with zero attached hydrogens (tertiary/aromatic N) is 1. The summed E-state index contributed by atoms with van der Waals surface area (Å²) in [5.41, 5.74) is 5.77. The van der Waals surface area contributed by atoms with E-state index in [-0.39, 0.29) is 18.4 Å². The minimum atomic E-state index is -2.30. The maximum atomic E-state index is 13.2. The number of amides is 1. The largest absolute Gasteiger partial charge is 0.461 e. The molecule has 35 heavy (non-hydrogen) atoms. The first-order chi connectivity index (χ1) is 16.4. The van der Waals surface area contributed by atoms with Gasteiger partial charge in [-0.3, -0.25) is 9.59 Å². The molecule has 3 fully saturated rings. The Morgan fingerprint density at radius 3 is 2.49 bits per heavy atom. The maximum absolute atomic E-state index is 13.2. The monoisotopic (exact) mass is 498 g/mol. The molecule has 9 unspecified atom stereocenters. The van der Waals surface area contributed by atoms with Gasteiger partial charge in [0.25, 0.3) is 11.7 Å². The normalized spacial score (nSPS) is 37.9. The summed E-state index contributed by atoms with van der Waals surface area (Å²) in [5, 5.41) is 30.5. The van der Waals surface area contributed by atoms with Gasteiger partial charge in [0.05, 0.1) is 12.2 Å². The molecule has 2 heterocycles. The molecule has 10 nitrogen and oxygen atoms in total. The van der Waals surface area contributed by atoms with Crippen LogP contribution in [0.4, 0.5) is 0 Å². The Hall–Kier alpha value is -1.59. The summed E-state index contributed by atoms with van der Waals surface area (Å²) in [7, 11) is 0. The molecule has 9 atom stereocenters. The van der Waals surface area contributed by atoms with Crippen LogP contribution in [0.1, 0.15) is 78.6 Å². The topological polar surface area (TPSA) is 160 Å². The Morgan fingerprint density at radius 1 is 1.09 bits per heavy atom. The van der Waals surface area contributed by atoms with Crippen molar-refractivity contribution in [1.82, 2.24) is 4.90 Å². The molecule has 200 valence electrons. The molecule has 3 rings (SSSR count). The zero-order valence-electron chi connectivity index (χ0n) is 21.1. The molecule has 5 N–H and O–H groups in total. The molecule has 2 aliphatic heterocycles. The number of hydrogen-bond donors (Lipinski definition) is 4. The summed E-state index contributed by atoms with van der Waals surface area (Å²) in [6, 6.07) is -0.905. The van der Waals surface area contributed by atoms with Gasteiger partial charge in [-0.25, -0.2) is 4.79 Å². The predicted octanol–water partition coefficient (Wildman–Crippen LogP) is 0.836. The Balaban J connectivity index is 1.61. The Labute approximate surface area is 207 Å². The molecule has 0 aromatic carbocycles. The summed E-state index contributed by atoms with van der Waals surface area (Å²) < 4.78 is 11.1. The second-order valence-electron chi connectivity index (χ2n) is 10.8. The molecule has 2 saturated heterocycles. The SMILES string of the molecule is CC(CC1CCC(O)C(O)C1)C(C)OC(=O)C1CCCCN1C(=O)C(=O)C1(O)OC(N)CCC1C. The summed E-state index contributed by atoms with van der Waals surface area (Å²) in [6.45, 7) is 5.63. The standard InChI is InChI=1S/C25H42N2O8/c1-14(12-17-8-9-19(28)20(29)13-17)16(3)34-24(32)18-6-4-5-11-27(18)23(31)22(30)25(33)15(2)7-10-21(26)35-25/h14-21,28-29,33H,4-13,26H2,1-3H3. The minimum absolute atomic E-state index is 0.0134. The van der Waals surface area contributed by atoms with Gasteiger partial charge in [0.1, 0.15) is 18.4 Å². The average molecular weight is 499 g/mol. The Morgan fingerprint density at radius 2 is 1.80 bits per heavy atom. The van der Waals surface area contributed by atoms with E-state index in [4.69, 9.17) is 15.2 Å². The third kappa shape index (κ3) is 6.40. The van der Waals surface area contributed by atoms with Crippen LogP contribution >= 0.6 is 0 Å². The van der Waals surface area contributed by atoms with Crippen LogP contribution in [0.2, 0.25) is 0 Å². The number of piperidine rings is 1. The van der Waals surface area contributed by atoms with Crippen molar-refractivity contribution in [2.45, 2.75) is 115 Å². The number of ether oxygens (including phenoxy) is 2. The first-order valence-corrected chi connectivity index (χ1v) is 13.0. The van der Waals surface area contributed by atoms with E-state index in [2.05, 4.69) is 0 Å². The van der Waals surface area contributed by atoms with Crippen molar-refractivity contribution in [2.24, 2.45) is 23.5 Å². The number of likely N-dealkylation sites (tertiary alicyclic amines) is 1. The third-order valence-corrected chi connectivity index (χ3v) is 8.14. The number of esters is 1. The lowest BCUT2D eigenvalue weighted by Crippen LogP contribution is -2.61. The highest BCUT2D eigenvalue weighted by atomic mass is 16.6. The lowest BCUT2D eigenvalue weighted by atomic mass is 9.79. The summed E-state index contributed by atoms with van der Waals surface area (Å²) >= 11 is 0. The van der Waals surface area contributed by atoms with Gasteiger partial charge in [-0.05, 0) is 76.5 Å². The predicted molar refractivity (Wildman–Crippen MR) is 125 cm³/mol. The van der Waals surface area contributed by atoms with Crippen molar-refractivity contribution < 1.29 is 39.2 Å². The summed E-state index contributed by atoms with van der Waals surface area (Å²) in [5.74, 6) is -5.27. The van der Waals surface area contributed by atoms with Crippen LogP contribution in [0.3, 0.4) is 0 Å². The van der Waals surface area contributed by atoms with E-state index in [0.29, 0.717) is 44.9 Å². The highest BCUT2D eigenvalue weighted by molar-refractivity contribution is 6.39. The zero-order chi connectivity index (χ0) is 25.9. The van der Waals surface area contributed by atoms with E-state index >= 15 is 0 Å². The number of rotatable bonds is 7. The number of carbonyl (C=O) groups is 3. The number of aliphatic hydroxyl groups is 3. The zero-order valence-corrected chi connectivity index (χ0v) is 21.1. The third-order valence-electron chi connectivity index (χ3n) is 8.14. The number of nitrogens with two attached hydrogens (primary N) is 1. The van der Waals surface area contributed by atoms with Gasteiger partial charge in [-0.15, -0.1) is 0 Å². The quantitative estimate of drug-likeness (QED) is 0.294. The number of aliphatic hydroxyl groups excluding tert-OH is 2. The average Bonchev–Trinajstić information content (AvgIpc) is 2.82. The number of hydrogen-bond acceptors (Lipinski definition) is 9. The fourth-order valence-corrected chi connectivity index (χ4v) is 5.52. The molecule has 1 saturated carbocycles. The van der Waals surface area contributed by atoms with E-state index in [0.717, 1.165) is 12.8 Å². The molecule has 1 aliphatic carbocycles. The van der Waals surface area contributed by atoms with Crippen molar-refractivity contribution in [3.05, 3.63) is 0 Å². The van der Waals surface area contributed by atoms with E-state index in [1.807, 2.05) is 6.92 Å². The molecule has 0 aromatic heterocycles. The van der Waals surface area contributed by atoms with Gasteiger partial charge >= 0.3 is 5.97 Å². The molecule has 0 bridgehead atoms. The lowest BCUT2D eigenvalue weighted by molar-refractivity contribution is -0.261. The summed E-state index contributed by atoms with van der Waals surface area (Å²) in [6.07, 6.45) is 2.60. The van der Waals surface area contributed by atoms with Crippen molar-refractivity contribution in [2.75, 3.05) is 6.54 Å². The van der Waals surface area contributed by atoms with Gasteiger partial charge < -0.3 is 35.4 Å². The van der Waals surface area contributed by atoms with E-state index in [1.54, 1.807) is 13.8 Å². The molecule has 10 heteroatoms. The second-order valence-corrected chi connectivity index (χ2v) is 10.8. The van der Waals surface area contributed by atoms with E-state index in [1.165, 1.54) is 4.90 Å². The molecular formula is C25H42N2O8. The first-order valence-electron chi connectivity index (χ1n) is 13.0. The molecule has 0 spiro atoms. The highest BCUT2D eigenvalue weighted by Crippen LogP contribution is 2.34. The lowest BCUT2D eigenvalue weighted by Gasteiger charge is -2.41. The van der Waals surface area contributed by atoms with Crippen LogP contribution in [-0.4, -0.2) is 80.8 Å².